The first-order valence-electron chi connectivity index (χ1n) is 5.28. The maximum absolute atomic E-state index is 12.3. The van der Waals surface area contributed by atoms with Crippen molar-refractivity contribution in [1.29, 1.82) is 0 Å². The summed E-state index contributed by atoms with van der Waals surface area (Å²) in [7, 11) is -3.74. The van der Waals surface area contributed by atoms with Gasteiger partial charge in [0, 0.05) is 16.6 Å². The molecular weight excluding hydrogens is 342 g/mol. The van der Waals surface area contributed by atoms with E-state index in [9.17, 15) is 8.42 Å². The number of rotatable bonds is 5. The zero-order valence-corrected chi connectivity index (χ0v) is 13.2. The highest BCUT2D eigenvalue weighted by Gasteiger charge is 2.28. The fourth-order valence-electron chi connectivity index (χ4n) is 1.48. The van der Waals surface area contributed by atoms with Gasteiger partial charge in [0.05, 0.1) is 5.02 Å². The van der Waals surface area contributed by atoms with Gasteiger partial charge < -0.3 is 5.11 Å². The molecule has 1 aromatic carbocycles. The van der Waals surface area contributed by atoms with E-state index in [0.29, 0.717) is 10.9 Å². The third-order valence-electron chi connectivity index (χ3n) is 2.34. The maximum atomic E-state index is 12.3. The zero-order valence-electron chi connectivity index (χ0n) is 10.1. The second-order valence-corrected chi connectivity index (χ2v) is 7.39. The Morgan fingerprint density at radius 1 is 1.44 bits per heavy atom. The van der Waals surface area contributed by atoms with Crippen LogP contribution in [0.15, 0.2) is 27.6 Å². The Labute approximate surface area is 121 Å². The first-order valence-corrected chi connectivity index (χ1v) is 7.94. The van der Waals surface area contributed by atoms with Gasteiger partial charge in [0.15, 0.2) is 0 Å². The summed E-state index contributed by atoms with van der Waals surface area (Å²) >= 11 is 9.10. The van der Waals surface area contributed by atoms with E-state index in [1.807, 2.05) is 0 Å². The number of hydrogen-bond acceptors (Lipinski definition) is 3. The fraction of sp³-hybridized carbons (Fsp3) is 0.455. The first-order chi connectivity index (χ1) is 8.19. The van der Waals surface area contributed by atoms with Crippen LogP contribution in [-0.2, 0) is 10.0 Å². The quantitative estimate of drug-likeness (QED) is 0.852. The lowest BCUT2D eigenvalue weighted by Crippen LogP contribution is -2.44. The molecule has 0 unspecified atom stereocenters. The zero-order chi connectivity index (χ0) is 14.0. The van der Waals surface area contributed by atoms with Gasteiger partial charge in [-0.25, -0.2) is 13.1 Å². The number of aliphatic hydroxyl groups is 1. The molecule has 0 aliphatic heterocycles. The van der Waals surface area contributed by atoms with Crippen molar-refractivity contribution in [1.82, 2.24) is 4.72 Å². The van der Waals surface area contributed by atoms with Gasteiger partial charge in [-0.2, -0.15) is 0 Å². The molecule has 1 rings (SSSR count). The van der Waals surface area contributed by atoms with Gasteiger partial charge >= 0.3 is 0 Å². The smallest absolute Gasteiger partial charge is 0.243 e. The minimum Gasteiger partial charge on any atom is -0.396 e. The molecule has 0 fully saturated rings. The molecule has 102 valence electrons. The van der Waals surface area contributed by atoms with Crippen molar-refractivity contribution < 1.29 is 13.5 Å². The molecule has 0 spiro atoms. The number of nitrogens with one attached hydrogen (secondary N) is 1. The van der Waals surface area contributed by atoms with Crippen LogP contribution in [0.2, 0.25) is 5.02 Å². The van der Waals surface area contributed by atoms with Crippen LogP contribution in [0.4, 0.5) is 0 Å². The third kappa shape index (κ3) is 3.93. The van der Waals surface area contributed by atoms with Crippen LogP contribution in [0, 0.1) is 0 Å². The van der Waals surface area contributed by atoms with Gasteiger partial charge in [-0.05, 0) is 48.3 Å². The van der Waals surface area contributed by atoms with E-state index in [-0.39, 0.29) is 16.5 Å². The highest BCUT2D eigenvalue weighted by molar-refractivity contribution is 9.10. The van der Waals surface area contributed by atoms with Crippen LogP contribution >= 0.6 is 27.5 Å². The van der Waals surface area contributed by atoms with Crippen molar-refractivity contribution >= 4 is 37.6 Å². The standard InChI is InChI=1S/C11H15BrClNO3S/c1-11(2,6-7-15)14-18(16,17)10-8(12)4-3-5-9(10)13/h3-5,14-15H,6-7H2,1-2H3. The van der Waals surface area contributed by atoms with Crippen molar-refractivity contribution in [3.05, 3.63) is 27.7 Å². The third-order valence-corrected chi connectivity index (χ3v) is 5.48. The Bertz CT molecular complexity index is 511. The summed E-state index contributed by atoms with van der Waals surface area (Å²) in [5, 5.41) is 9.06. The van der Waals surface area contributed by atoms with Crippen molar-refractivity contribution in [2.24, 2.45) is 0 Å². The van der Waals surface area contributed by atoms with E-state index in [0.717, 1.165) is 0 Å². The van der Waals surface area contributed by atoms with Crippen LogP contribution in [0.5, 0.6) is 0 Å². The summed E-state index contributed by atoms with van der Waals surface area (Å²) in [6.07, 6.45) is 0.314. The number of hydrogen-bond donors (Lipinski definition) is 2. The second kappa shape index (κ2) is 5.88. The Hall–Kier alpha value is -0.140. The Morgan fingerprint density at radius 2 is 2.06 bits per heavy atom. The highest BCUT2D eigenvalue weighted by atomic mass is 79.9. The molecule has 0 aliphatic rings. The van der Waals surface area contributed by atoms with Gasteiger partial charge in [-0.15, -0.1) is 0 Å². The molecule has 0 saturated heterocycles. The predicted molar refractivity (Wildman–Crippen MR) is 75.3 cm³/mol. The molecule has 0 amide bonds. The number of sulfonamides is 1. The van der Waals surface area contributed by atoms with Crippen molar-refractivity contribution in [2.45, 2.75) is 30.7 Å². The number of benzene rings is 1. The molecule has 4 nitrogen and oxygen atoms in total. The molecule has 1 aromatic rings. The lowest BCUT2D eigenvalue weighted by atomic mass is 10.0. The maximum Gasteiger partial charge on any atom is 0.243 e. The van der Waals surface area contributed by atoms with Crippen molar-refractivity contribution in [2.75, 3.05) is 6.61 Å². The summed E-state index contributed by atoms with van der Waals surface area (Å²) in [6, 6.07) is 4.78. The fourth-order valence-corrected chi connectivity index (χ4v) is 4.66. The predicted octanol–water partition coefficient (Wildman–Crippen LogP) is 2.54. The van der Waals surface area contributed by atoms with E-state index in [2.05, 4.69) is 20.7 Å². The molecule has 2 N–H and O–H groups in total. The minimum absolute atomic E-state index is 0.0117. The summed E-state index contributed by atoms with van der Waals surface area (Å²) in [5.41, 5.74) is -0.744. The molecule has 7 heteroatoms. The van der Waals surface area contributed by atoms with Crippen LogP contribution in [0.1, 0.15) is 20.3 Å². The summed E-state index contributed by atoms with van der Waals surface area (Å²) < 4.78 is 27.4. The van der Waals surface area contributed by atoms with Crippen LogP contribution < -0.4 is 4.72 Å². The van der Waals surface area contributed by atoms with Crippen LogP contribution in [0.3, 0.4) is 0 Å². The Kier molecular flexibility index (Phi) is 5.20. The molecule has 0 heterocycles. The van der Waals surface area contributed by atoms with Gasteiger partial charge in [-0.1, -0.05) is 17.7 Å². The Balaban J connectivity index is 3.15. The first kappa shape index (κ1) is 15.9. The van der Waals surface area contributed by atoms with E-state index >= 15 is 0 Å². The van der Waals surface area contributed by atoms with E-state index in [4.69, 9.17) is 16.7 Å². The summed E-state index contributed by atoms with van der Waals surface area (Å²) in [6.45, 7) is 3.30. The lowest BCUT2D eigenvalue weighted by Gasteiger charge is -2.25. The largest absolute Gasteiger partial charge is 0.396 e. The molecule has 0 saturated carbocycles. The van der Waals surface area contributed by atoms with E-state index in [1.54, 1.807) is 26.0 Å². The second-order valence-electron chi connectivity index (χ2n) is 4.51. The Morgan fingerprint density at radius 3 is 2.56 bits per heavy atom. The average molecular weight is 357 g/mol. The molecule has 0 radical (unpaired) electrons. The molecule has 0 aliphatic carbocycles. The normalized spacial score (nSPS) is 12.7. The average Bonchev–Trinajstić information content (AvgIpc) is 2.13. The molecule has 0 bridgehead atoms. The van der Waals surface area contributed by atoms with Gasteiger partial charge in [0.25, 0.3) is 0 Å². The molecule has 0 atom stereocenters. The highest BCUT2D eigenvalue weighted by Crippen LogP contribution is 2.30. The molecule has 18 heavy (non-hydrogen) atoms. The summed E-state index contributed by atoms with van der Waals surface area (Å²) in [5.74, 6) is 0. The minimum atomic E-state index is -3.74. The number of aliphatic hydroxyl groups excluding tert-OH is 1. The monoisotopic (exact) mass is 355 g/mol. The molecule has 0 aromatic heterocycles. The van der Waals surface area contributed by atoms with E-state index in [1.165, 1.54) is 6.07 Å². The topological polar surface area (TPSA) is 66.4 Å². The van der Waals surface area contributed by atoms with Gasteiger partial charge in [0.2, 0.25) is 10.0 Å². The van der Waals surface area contributed by atoms with Crippen LogP contribution in [0.25, 0.3) is 0 Å². The SMILES string of the molecule is CC(C)(CCO)NS(=O)(=O)c1c(Cl)cccc1Br. The number of halogens is 2. The van der Waals surface area contributed by atoms with Crippen molar-refractivity contribution in [3.8, 4) is 0 Å². The van der Waals surface area contributed by atoms with Crippen molar-refractivity contribution in [3.63, 3.8) is 0 Å². The summed E-state index contributed by atoms with van der Waals surface area (Å²) in [4.78, 5) is 0.0117. The van der Waals surface area contributed by atoms with Crippen LogP contribution in [-0.4, -0.2) is 25.7 Å². The van der Waals surface area contributed by atoms with E-state index < -0.39 is 15.6 Å². The van der Waals surface area contributed by atoms with Gasteiger partial charge in [-0.3, -0.25) is 0 Å². The lowest BCUT2D eigenvalue weighted by molar-refractivity contribution is 0.245. The molecular formula is C11H15BrClNO3S. The van der Waals surface area contributed by atoms with Gasteiger partial charge in [0.1, 0.15) is 4.90 Å².